The van der Waals surface area contributed by atoms with Gasteiger partial charge in [0.1, 0.15) is 11.6 Å². The fourth-order valence-corrected chi connectivity index (χ4v) is 5.89. The van der Waals surface area contributed by atoms with E-state index in [4.69, 9.17) is 4.74 Å². The van der Waals surface area contributed by atoms with Crippen LogP contribution in [0.2, 0.25) is 0 Å². The molecule has 1 saturated heterocycles. The Morgan fingerprint density at radius 1 is 1.30 bits per heavy atom. The zero-order chi connectivity index (χ0) is 21.5. The largest absolute Gasteiger partial charge is 0.493 e. The normalized spacial score (nSPS) is 28.6. The Bertz CT molecular complexity index is 840. The summed E-state index contributed by atoms with van der Waals surface area (Å²) in [5.41, 5.74) is 2.76. The molecule has 0 aromatic heterocycles. The minimum Gasteiger partial charge on any atom is -0.493 e. The van der Waals surface area contributed by atoms with Gasteiger partial charge < -0.3 is 9.64 Å². The van der Waals surface area contributed by atoms with E-state index < -0.39 is 5.82 Å². The molecule has 1 saturated carbocycles. The minimum atomic E-state index is -0.464. The van der Waals surface area contributed by atoms with E-state index in [0.29, 0.717) is 18.3 Å². The van der Waals surface area contributed by atoms with Crippen LogP contribution in [0.25, 0.3) is 0 Å². The topological polar surface area (TPSA) is 29.5 Å². The average Bonchev–Trinajstić information content (AvgIpc) is 3.19. The number of rotatable bonds is 5. The molecular weight excluding hydrogens is 377 g/mol. The highest BCUT2D eigenvalue weighted by Gasteiger charge is 2.38. The van der Waals surface area contributed by atoms with Gasteiger partial charge in [0.2, 0.25) is 0 Å². The lowest BCUT2D eigenvalue weighted by atomic mass is 9.64. The molecule has 1 heterocycles. The first kappa shape index (κ1) is 21.4. The molecule has 0 spiro atoms. The van der Waals surface area contributed by atoms with Gasteiger partial charge >= 0.3 is 0 Å². The van der Waals surface area contributed by atoms with Crippen molar-refractivity contribution < 1.29 is 13.9 Å². The Hall–Kier alpha value is -1.84. The first-order valence-electron chi connectivity index (χ1n) is 11.7. The van der Waals surface area contributed by atoms with E-state index in [9.17, 15) is 9.18 Å². The lowest BCUT2D eigenvalue weighted by molar-refractivity contribution is 0.0787. The molecule has 2 fully saturated rings. The number of hydrogen-bond donors (Lipinski definition) is 0. The Balaban J connectivity index is 1.53. The smallest absolute Gasteiger partial charge is 0.256 e. The van der Waals surface area contributed by atoms with Gasteiger partial charge in [-0.05, 0) is 67.9 Å². The molecule has 164 valence electrons. The molecule has 2 bridgehead atoms. The monoisotopic (exact) mass is 413 g/mol. The third-order valence-electron chi connectivity index (χ3n) is 7.13. The number of nitrogens with zero attached hydrogens (tertiary/aromatic N) is 1. The van der Waals surface area contributed by atoms with Gasteiger partial charge in [0.15, 0.2) is 0 Å². The van der Waals surface area contributed by atoms with Crippen LogP contribution in [0.1, 0.15) is 88.1 Å². The van der Waals surface area contributed by atoms with Crippen molar-refractivity contribution in [1.82, 2.24) is 4.90 Å². The predicted molar refractivity (Wildman–Crippen MR) is 118 cm³/mol. The van der Waals surface area contributed by atoms with E-state index >= 15 is 0 Å². The number of ether oxygens (including phenoxy) is 1. The maximum absolute atomic E-state index is 15.0. The maximum atomic E-state index is 15.0. The average molecular weight is 414 g/mol. The molecule has 3 unspecified atom stereocenters. The number of allylic oxidation sites excluding steroid dienone is 2. The van der Waals surface area contributed by atoms with Crippen molar-refractivity contribution in [2.24, 2.45) is 17.3 Å². The Labute approximate surface area is 180 Å². The fraction of sp³-hybridized carbons (Fsp3) is 0.654. The van der Waals surface area contributed by atoms with Gasteiger partial charge in [-0.2, -0.15) is 0 Å². The van der Waals surface area contributed by atoms with E-state index in [2.05, 4.69) is 33.8 Å². The number of benzene rings is 1. The molecule has 4 rings (SSSR count). The van der Waals surface area contributed by atoms with E-state index in [1.165, 1.54) is 25.3 Å². The summed E-state index contributed by atoms with van der Waals surface area (Å²) >= 11 is 0. The van der Waals surface area contributed by atoms with Crippen molar-refractivity contribution >= 4 is 5.91 Å². The molecule has 2 aliphatic carbocycles. The molecule has 1 aliphatic heterocycles. The molecule has 4 heteroatoms. The fourth-order valence-electron chi connectivity index (χ4n) is 5.89. The van der Waals surface area contributed by atoms with E-state index in [1.54, 1.807) is 16.5 Å². The summed E-state index contributed by atoms with van der Waals surface area (Å²) < 4.78 is 21.2. The Morgan fingerprint density at radius 2 is 2.03 bits per heavy atom. The summed E-state index contributed by atoms with van der Waals surface area (Å²) in [6.07, 6.45) is 9.18. The van der Waals surface area contributed by atoms with Crippen LogP contribution in [0, 0.1) is 23.1 Å². The van der Waals surface area contributed by atoms with Crippen molar-refractivity contribution in [2.45, 2.75) is 72.1 Å². The SMILES string of the molecule is CC1C=C2CC(C1)CC(C)(COc1cc(F)c(C(=O)N3CCCC3)cc1C(C)C)C2. The lowest BCUT2D eigenvalue weighted by Gasteiger charge is -2.43. The van der Waals surface area contributed by atoms with Gasteiger partial charge in [-0.1, -0.05) is 39.3 Å². The summed E-state index contributed by atoms with van der Waals surface area (Å²) in [7, 11) is 0. The third kappa shape index (κ3) is 4.43. The second kappa shape index (κ2) is 8.36. The lowest BCUT2D eigenvalue weighted by Crippen LogP contribution is -2.35. The highest BCUT2D eigenvalue weighted by molar-refractivity contribution is 5.95. The summed E-state index contributed by atoms with van der Waals surface area (Å²) in [6, 6.07) is 3.19. The van der Waals surface area contributed by atoms with Crippen LogP contribution >= 0.6 is 0 Å². The number of hydrogen-bond acceptors (Lipinski definition) is 2. The van der Waals surface area contributed by atoms with Gasteiger partial charge in [-0.15, -0.1) is 0 Å². The van der Waals surface area contributed by atoms with Crippen LogP contribution in [-0.4, -0.2) is 30.5 Å². The zero-order valence-electron chi connectivity index (χ0n) is 19.0. The first-order valence-corrected chi connectivity index (χ1v) is 11.7. The van der Waals surface area contributed by atoms with Crippen molar-refractivity contribution in [2.75, 3.05) is 19.7 Å². The second-order valence-corrected chi connectivity index (χ2v) is 10.6. The molecule has 3 aliphatic rings. The van der Waals surface area contributed by atoms with E-state index in [1.807, 2.05) is 0 Å². The van der Waals surface area contributed by atoms with E-state index in [-0.39, 0.29) is 22.8 Å². The Kier molecular flexibility index (Phi) is 5.96. The quantitative estimate of drug-likeness (QED) is 0.527. The summed E-state index contributed by atoms with van der Waals surface area (Å²) in [6.45, 7) is 10.8. The number of fused-ring (bicyclic) bond motifs is 2. The number of carbonyl (C=O) groups is 1. The third-order valence-corrected chi connectivity index (χ3v) is 7.13. The predicted octanol–water partition coefficient (Wildman–Crippen LogP) is 6.34. The molecule has 3 atom stereocenters. The number of likely N-dealkylation sites (tertiary alicyclic amines) is 1. The van der Waals surface area contributed by atoms with Crippen LogP contribution in [0.5, 0.6) is 5.75 Å². The molecule has 1 amide bonds. The van der Waals surface area contributed by atoms with Crippen molar-refractivity contribution in [3.63, 3.8) is 0 Å². The molecule has 0 radical (unpaired) electrons. The van der Waals surface area contributed by atoms with Crippen molar-refractivity contribution in [1.29, 1.82) is 0 Å². The zero-order valence-corrected chi connectivity index (χ0v) is 19.0. The molecule has 0 N–H and O–H groups in total. The van der Waals surface area contributed by atoms with Gasteiger partial charge in [0.25, 0.3) is 5.91 Å². The van der Waals surface area contributed by atoms with Crippen LogP contribution < -0.4 is 4.74 Å². The maximum Gasteiger partial charge on any atom is 0.256 e. The summed E-state index contributed by atoms with van der Waals surface area (Å²) in [5, 5.41) is 0. The standard InChI is InChI=1S/C26H36FNO2/c1-17(2)21-12-22(25(29)28-7-5-6-8-28)23(27)13-24(21)30-16-26(4)14-19-9-18(3)10-20(11-19)15-26/h9,12-13,17-18,20H,5-8,10-11,14-16H2,1-4H3. The summed E-state index contributed by atoms with van der Waals surface area (Å²) in [5.74, 6) is 1.53. The van der Waals surface area contributed by atoms with Gasteiger partial charge in [-0.25, -0.2) is 4.39 Å². The number of carbonyl (C=O) groups excluding carboxylic acids is 1. The molecular formula is C26H36FNO2. The van der Waals surface area contributed by atoms with Crippen molar-refractivity contribution in [3.8, 4) is 5.75 Å². The van der Waals surface area contributed by atoms with Gasteiger partial charge in [0.05, 0.1) is 12.2 Å². The van der Waals surface area contributed by atoms with Crippen LogP contribution in [0.4, 0.5) is 4.39 Å². The molecule has 1 aromatic rings. The van der Waals surface area contributed by atoms with Crippen LogP contribution in [0.15, 0.2) is 23.8 Å². The van der Waals surface area contributed by atoms with Crippen molar-refractivity contribution in [3.05, 3.63) is 40.7 Å². The van der Waals surface area contributed by atoms with Crippen LogP contribution in [-0.2, 0) is 0 Å². The molecule has 3 nitrogen and oxygen atoms in total. The second-order valence-electron chi connectivity index (χ2n) is 10.6. The minimum absolute atomic E-state index is 0.0870. The number of halogens is 1. The number of amides is 1. The van der Waals surface area contributed by atoms with E-state index in [0.717, 1.165) is 43.8 Å². The molecule has 30 heavy (non-hydrogen) atoms. The van der Waals surface area contributed by atoms with Gasteiger partial charge in [-0.3, -0.25) is 4.79 Å². The Morgan fingerprint density at radius 3 is 2.70 bits per heavy atom. The molecule has 1 aromatic carbocycles. The van der Waals surface area contributed by atoms with Gasteiger partial charge in [0, 0.05) is 24.6 Å². The first-order chi connectivity index (χ1) is 14.2. The highest BCUT2D eigenvalue weighted by atomic mass is 19.1. The highest BCUT2D eigenvalue weighted by Crippen LogP contribution is 2.47. The van der Waals surface area contributed by atoms with Crippen LogP contribution in [0.3, 0.4) is 0 Å². The summed E-state index contributed by atoms with van der Waals surface area (Å²) in [4.78, 5) is 14.6.